The number of amides is 1. The highest BCUT2D eigenvalue weighted by Gasteiger charge is 2.22. The molecule has 0 spiro atoms. The monoisotopic (exact) mass is 310 g/mol. The van der Waals surface area contributed by atoms with Crippen molar-refractivity contribution in [2.24, 2.45) is 5.10 Å². The topological polar surface area (TPSA) is 41.5 Å². The van der Waals surface area contributed by atoms with Gasteiger partial charge >= 0.3 is 0 Å². The lowest BCUT2D eigenvalue weighted by atomic mass is 9.91. The van der Waals surface area contributed by atoms with Gasteiger partial charge in [0.25, 0.3) is 5.91 Å². The highest BCUT2D eigenvalue weighted by molar-refractivity contribution is 8.00. The van der Waals surface area contributed by atoms with Gasteiger partial charge in [0.05, 0.1) is 5.92 Å². The molecule has 0 aliphatic carbocycles. The van der Waals surface area contributed by atoms with Crippen molar-refractivity contribution in [2.75, 3.05) is 11.5 Å². The van der Waals surface area contributed by atoms with Gasteiger partial charge in [-0.05, 0) is 23.3 Å². The summed E-state index contributed by atoms with van der Waals surface area (Å²) in [7, 11) is 0. The highest BCUT2D eigenvalue weighted by Crippen LogP contribution is 2.24. The number of thioether (sulfide) groups is 1. The van der Waals surface area contributed by atoms with Crippen molar-refractivity contribution in [1.29, 1.82) is 0 Å². The summed E-state index contributed by atoms with van der Waals surface area (Å²) in [4.78, 5) is 12.7. The minimum Gasteiger partial charge on any atom is -0.272 e. The Morgan fingerprint density at radius 1 is 1.00 bits per heavy atom. The summed E-state index contributed by atoms with van der Waals surface area (Å²) in [5.41, 5.74) is 5.78. The van der Waals surface area contributed by atoms with Crippen LogP contribution < -0.4 is 5.43 Å². The zero-order chi connectivity index (χ0) is 15.2. The number of hydrogen-bond donors (Lipinski definition) is 1. The number of benzene rings is 2. The van der Waals surface area contributed by atoms with Crippen LogP contribution in [0.2, 0.25) is 0 Å². The molecule has 0 aromatic heterocycles. The molecule has 22 heavy (non-hydrogen) atoms. The molecule has 3 nitrogen and oxygen atoms in total. The lowest BCUT2D eigenvalue weighted by molar-refractivity contribution is -0.121. The van der Waals surface area contributed by atoms with Gasteiger partial charge in [-0.25, -0.2) is 5.43 Å². The molecule has 2 aromatic carbocycles. The number of hydrogen-bond acceptors (Lipinski definition) is 3. The van der Waals surface area contributed by atoms with Crippen LogP contribution >= 0.6 is 11.8 Å². The average molecular weight is 310 g/mol. The summed E-state index contributed by atoms with van der Waals surface area (Å²) in [5, 5.41) is 4.29. The average Bonchev–Trinajstić information content (AvgIpc) is 3.09. The molecule has 0 radical (unpaired) electrons. The SMILES string of the molecule is O=C(N/N=C1/CCSC1)C(c1ccccc1)c1ccccc1. The smallest absolute Gasteiger partial charge is 0.252 e. The first-order valence-corrected chi connectivity index (χ1v) is 8.53. The summed E-state index contributed by atoms with van der Waals surface area (Å²) in [6, 6.07) is 19.7. The van der Waals surface area contributed by atoms with Gasteiger partial charge in [-0.1, -0.05) is 60.7 Å². The van der Waals surface area contributed by atoms with Crippen molar-refractivity contribution in [3.63, 3.8) is 0 Å². The normalized spacial score (nSPS) is 16.1. The van der Waals surface area contributed by atoms with Crippen molar-refractivity contribution in [2.45, 2.75) is 12.3 Å². The van der Waals surface area contributed by atoms with E-state index in [1.165, 1.54) is 0 Å². The Labute approximate surface area is 134 Å². The molecule has 1 saturated heterocycles. The van der Waals surface area contributed by atoms with Gasteiger partial charge in [-0.2, -0.15) is 16.9 Å². The van der Waals surface area contributed by atoms with Crippen LogP contribution in [0.1, 0.15) is 23.5 Å². The minimum atomic E-state index is -0.333. The van der Waals surface area contributed by atoms with E-state index in [0.29, 0.717) is 0 Å². The van der Waals surface area contributed by atoms with Gasteiger partial charge < -0.3 is 0 Å². The van der Waals surface area contributed by atoms with Gasteiger partial charge in [0, 0.05) is 11.5 Å². The van der Waals surface area contributed by atoms with E-state index >= 15 is 0 Å². The predicted molar refractivity (Wildman–Crippen MR) is 92.2 cm³/mol. The predicted octanol–water partition coefficient (Wildman–Crippen LogP) is 3.43. The molecule has 0 atom stereocenters. The number of carbonyl (C=O) groups excluding carboxylic acids is 1. The maximum absolute atomic E-state index is 12.7. The maximum Gasteiger partial charge on any atom is 0.252 e. The molecule has 3 rings (SSSR count). The third-order valence-electron chi connectivity index (χ3n) is 3.66. The zero-order valence-electron chi connectivity index (χ0n) is 12.2. The third kappa shape index (κ3) is 3.57. The fraction of sp³-hybridized carbons (Fsp3) is 0.222. The molecule has 1 N–H and O–H groups in total. The molecule has 4 heteroatoms. The lowest BCUT2D eigenvalue weighted by Gasteiger charge is -2.16. The summed E-state index contributed by atoms with van der Waals surface area (Å²) in [6.07, 6.45) is 0.965. The van der Waals surface area contributed by atoms with E-state index in [-0.39, 0.29) is 11.8 Å². The van der Waals surface area contributed by atoms with Crippen LogP contribution in [0.4, 0.5) is 0 Å². The van der Waals surface area contributed by atoms with Crippen LogP contribution in [-0.4, -0.2) is 23.1 Å². The Balaban J connectivity index is 1.85. The van der Waals surface area contributed by atoms with E-state index in [0.717, 1.165) is 34.8 Å². The largest absolute Gasteiger partial charge is 0.272 e. The van der Waals surface area contributed by atoms with Crippen molar-refractivity contribution >= 4 is 23.4 Å². The molecule has 1 fully saturated rings. The molecule has 1 heterocycles. The summed E-state index contributed by atoms with van der Waals surface area (Å²) < 4.78 is 0. The van der Waals surface area contributed by atoms with Crippen molar-refractivity contribution in [3.8, 4) is 0 Å². The first-order valence-electron chi connectivity index (χ1n) is 7.37. The minimum absolute atomic E-state index is 0.0817. The Hall–Kier alpha value is -2.07. The molecular formula is C18H18N2OS. The molecule has 112 valence electrons. The molecular weight excluding hydrogens is 292 g/mol. The summed E-state index contributed by atoms with van der Waals surface area (Å²) >= 11 is 1.85. The second kappa shape index (κ2) is 7.27. The molecule has 0 unspecified atom stereocenters. The molecule has 1 amide bonds. The van der Waals surface area contributed by atoms with Crippen LogP contribution in [0.25, 0.3) is 0 Å². The van der Waals surface area contributed by atoms with Crippen LogP contribution in [-0.2, 0) is 4.79 Å². The number of nitrogens with one attached hydrogen (secondary N) is 1. The second-order valence-electron chi connectivity index (χ2n) is 5.21. The van der Waals surface area contributed by atoms with Crippen molar-refractivity contribution in [3.05, 3.63) is 71.8 Å². The second-order valence-corrected chi connectivity index (χ2v) is 6.32. The quantitative estimate of drug-likeness (QED) is 0.879. The number of nitrogens with zero attached hydrogens (tertiary/aromatic N) is 1. The molecule has 2 aromatic rings. The van der Waals surface area contributed by atoms with E-state index < -0.39 is 0 Å². The van der Waals surface area contributed by atoms with Crippen LogP contribution in [0, 0.1) is 0 Å². The number of rotatable bonds is 4. The van der Waals surface area contributed by atoms with Gasteiger partial charge in [-0.3, -0.25) is 4.79 Å². The maximum atomic E-state index is 12.7. The molecule has 0 saturated carbocycles. The standard InChI is InChI=1S/C18H18N2OS/c21-18(20-19-16-11-12-22-13-16)17(14-7-3-1-4-8-14)15-9-5-2-6-10-15/h1-10,17H,11-13H2,(H,20,21)/b19-16-. The zero-order valence-corrected chi connectivity index (χ0v) is 13.1. The van der Waals surface area contributed by atoms with E-state index in [1.807, 2.05) is 72.4 Å². The third-order valence-corrected chi connectivity index (χ3v) is 4.69. The summed E-state index contributed by atoms with van der Waals surface area (Å²) in [6.45, 7) is 0. The fourth-order valence-electron chi connectivity index (χ4n) is 2.53. The first kappa shape index (κ1) is 14.9. The van der Waals surface area contributed by atoms with Crippen LogP contribution in [0.5, 0.6) is 0 Å². The van der Waals surface area contributed by atoms with Gasteiger partial charge in [0.15, 0.2) is 0 Å². The Morgan fingerprint density at radius 2 is 1.59 bits per heavy atom. The first-order chi connectivity index (χ1) is 10.8. The Kier molecular flexibility index (Phi) is 4.91. The summed E-state index contributed by atoms with van der Waals surface area (Å²) in [5.74, 6) is 1.60. The fourth-order valence-corrected chi connectivity index (χ4v) is 3.49. The van der Waals surface area contributed by atoms with Gasteiger partial charge in [0.1, 0.15) is 0 Å². The Morgan fingerprint density at radius 3 is 2.09 bits per heavy atom. The van der Waals surface area contributed by atoms with E-state index in [9.17, 15) is 4.79 Å². The van der Waals surface area contributed by atoms with Crippen LogP contribution in [0.15, 0.2) is 65.8 Å². The van der Waals surface area contributed by atoms with E-state index in [4.69, 9.17) is 0 Å². The number of carbonyl (C=O) groups is 1. The highest BCUT2D eigenvalue weighted by atomic mass is 32.2. The van der Waals surface area contributed by atoms with Gasteiger partial charge in [-0.15, -0.1) is 0 Å². The number of hydrazone groups is 1. The molecule has 1 aliphatic rings. The van der Waals surface area contributed by atoms with Crippen LogP contribution in [0.3, 0.4) is 0 Å². The molecule has 0 bridgehead atoms. The molecule has 1 aliphatic heterocycles. The van der Waals surface area contributed by atoms with Crippen molar-refractivity contribution < 1.29 is 4.79 Å². The van der Waals surface area contributed by atoms with E-state index in [1.54, 1.807) is 0 Å². The lowest BCUT2D eigenvalue weighted by Crippen LogP contribution is -2.27. The van der Waals surface area contributed by atoms with Gasteiger partial charge in [0.2, 0.25) is 0 Å². The Bertz CT molecular complexity index is 608. The van der Waals surface area contributed by atoms with Crippen molar-refractivity contribution in [1.82, 2.24) is 5.43 Å². The van der Waals surface area contributed by atoms with E-state index in [2.05, 4.69) is 10.5 Å².